The first kappa shape index (κ1) is 16.5. The molecule has 1 aliphatic heterocycles. The molecule has 7 heteroatoms. The van der Waals surface area contributed by atoms with E-state index in [2.05, 4.69) is 15.4 Å². The van der Waals surface area contributed by atoms with Gasteiger partial charge >= 0.3 is 6.09 Å². The van der Waals surface area contributed by atoms with E-state index in [9.17, 15) is 4.79 Å². The molecule has 1 atom stereocenters. The normalized spacial score (nSPS) is 18.2. The number of nitrogens with zero attached hydrogens (tertiary/aromatic N) is 4. The van der Waals surface area contributed by atoms with Gasteiger partial charge in [-0.05, 0) is 52.7 Å². The molecule has 2 aromatic rings. The number of carbonyl (C=O) groups is 1. The number of hydrogen-bond acceptors (Lipinski definition) is 5. The SMILES string of the molecule is Cc1cnc2ccc(NC[C@@H]3CCCN3C(=O)OC(C)(C)C)nn12. The highest BCUT2D eigenvalue weighted by Crippen LogP contribution is 2.21. The molecule has 0 aromatic carbocycles. The van der Waals surface area contributed by atoms with Gasteiger partial charge in [0.2, 0.25) is 0 Å². The van der Waals surface area contributed by atoms with Crippen LogP contribution in [0.1, 0.15) is 39.3 Å². The Morgan fingerprint density at radius 1 is 1.42 bits per heavy atom. The summed E-state index contributed by atoms with van der Waals surface area (Å²) in [5.41, 5.74) is 1.35. The van der Waals surface area contributed by atoms with Crippen LogP contribution in [0.3, 0.4) is 0 Å². The van der Waals surface area contributed by atoms with Crippen LogP contribution >= 0.6 is 0 Å². The van der Waals surface area contributed by atoms with Crippen LogP contribution in [0.4, 0.5) is 10.6 Å². The molecule has 3 rings (SSSR count). The third-order valence-corrected chi connectivity index (χ3v) is 4.06. The molecule has 0 aliphatic carbocycles. The van der Waals surface area contributed by atoms with Gasteiger partial charge in [-0.3, -0.25) is 0 Å². The fraction of sp³-hybridized carbons (Fsp3) is 0.588. The number of likely N-dealkylation sites (tertiary alicyclic amines) is 1. The largest absolute Gasteiger partial charge is 0.444 e. The van der Waals surface area contributed by atoms with E-state index in [1.54, 1.807) is 6.20 Å². The standard InChI is InChI=1S/C17H25N5O2/c1-12-10-19-15-8-7-14(20-22(12)15)18-11-13-6-5-9-21(13)16(23)24-17(2,3)4/h7-8,10,13H,5-6,9,11H2,1-4H3,(H,18,20)/t13-/m0/s1. The molecule has 1 aliphatic rings. The zero-order chi connectivity index (χ0) is 17.3. The molecule has 2 aromatic heterocycles. The second-order valence-electron chi connectivity index (χ2n) is 7.24. The lowest BCUT2D eigenvalue weighted by Crippen LogP contribution is -2.42. The van der Waals surface area contributed by atoms with Gasteiger partial charge in [0.25, 0.3) is 0 Å². The Bertz CT molecular complexity index is 734. The molecule has 1 amide bonds. The summed E-state index contributed by atoms with van der Waals surface area (Å²) in [4.78, 5) is 18.4. The molecule has 0 bridgehead atoms. The zero-order valence-corrected chi connectivity index (χ0v) is 14.7. The fourth-order valence-corrected chi connectivity index (χ4v) is 2.91. The van der Waals surface area contributed by atoms with E-state index in [1.165, 1.54) is 0 Å². The highest BCUT2D eigenvalue weighted by atomic mass is 16.6. The van der Waals surface area contributed by atoms with Crippen molar-refractivity contribution in [2.75, 3.05) is 18.4 Å². The quantitative estimate of drug-likeness (QED) is 0.936. The van der Waals surface area contributed by atoms with E-state index in [-0.39, 0.29) is 12.1 Å². The number of fused-ring (bicyclic) bond motifs is 1. The van der Waals surface area contributed by atoms with Crippen LogP contribution in [0, 0.1) is 6.92 Å². The number of amides is 1. The van der Waals surface area contributed by atoms with E-state index in [0.29, 0.717) is 6.54 Å². The number of anilines is 1. The number of aromatic nitrogens is 3. The van der Waals surface area contributed by atoms with Crippen LogP contribution in [0.2, 0.25) is 0 Å². The van der Waals surface area contributed by atoms with E-state index in [4.69, 9.17) is 4.74 Å². The first-order valence-corrected chi connectivity index (χ1v) is 8.38. The number of imidazole rings is 1. The first-order chi connectivity index (χ1) is 11.3. The van der Waals surface area contributed by atoms with Gasteiger partial charge in [-0.25, -0.2) is 14.3 Å². The van der Waals surface area contributed by atoms with Crippen molar-refractivity contribution in [3.63, 3.8) is 0 Å². The summed E-state index contributed by atoms with van der Waals surface area (Å²) in [6.07, 6.45) is 3.53. The summed E-state index contributed by atoms with van der Waals surface area (Å²) in [5.74, 6) is 0.777. The van der Waals surface area contributed by atoms with Crippen LogP contribution < -0.4 is 5.32 Å². The van der Waals surface area contributed by atoms with Crippen molar-refractivity contribution in [3.8, 4) is 0 Å². The van der Waals surface area contributed by atoms with E-state index >= 15 is 0 Å². The predicted octanol–water partition coefficient (Wildman–Crippen LogP) is 2.85. The molecule has 3 heterocycles. The predicted molar refractivity (Wildman–Crippen MR) is 92.2 cm³/mol. The van der Waals surface area contributed by atoms with Crippen molar-refractivity contribution in [2.45, 2.75) is 52.2 Å². The smallest absolute Gasteiger partial charge is 0.410 e. The van der Waals surface area contributed by atoms with Gasteiger partial charge in [-0.1, -0.05) is 0 Å². The van der Waals surface area contributed by atoms with Gasteiger partial charge in [-0.15, -0.1) is 5.10 Å². The third kappa shape index (κ3) is 3.60. The van der Waals surface area contributed by atoms with Crippen LogP contribution in [-0.4, -0.2) is 50.3 Å². The Kier molecular flexibility index (Phi) is 4.34. The van der Waals surface area contributed by atoms with Crippen molar-refractivity contribution in [2.24, 2.45) is 0 Å². The van der Waals surface area contributed by atoms with Crippen LogP contribution in [0.25, 0.3) is 5.65 Å². The maximum Gasteiger partial charge on any atom is 0.410 e. The van der Waals surface area contributed by atoms with Gasteiger partial charge < -0.3 is 15.0 Å². The molecular formula is C17H25N5O2. The van der Waals surface area contributed by atoms with E-state index in [1.807, 2.05) is 49.2 Å². The van der Waals surface area contributed by atoms with E-state index < -0.39 is 5.60 Å². The Hall–Kier alpha value is -2.31. The number of ether oxygens (including phenoxy) is 1. The van der Waals surface area contributed by atoms with Gasteiger partial charge in [-0.2, -0.15) is 0 Å². The summed E-state index contributed by atoms with van der Waals surface area (Å²) in [6, 6.07) is 3.97. The van der Waals surface area contributed by atoms with Crippen LogP contribution in [-0.2, 0) is 4.74 Å². The number of aryl methyl sites for hydroxylation is 1. The molecule has 0 radical (unpaired) electrons. The van der Waals surface area contributed by atoms with Crippen molar-refractivity contribution >= 4 is 17.6 Å². The summed E-state index contributed by atoms with van der Waals surface area (Å²) >= 11 is 0. The first-order valence-electron chi connectivity index (χ1n) is 8.38. The third-order valence-electron chi connectivity index (χ3n) is 4.06. The maximum atomic E-state index is 12.3. The average Bonchev–Trinajstić information content (AvgIpc) is 3.11. The molecule has 1 saturated heterocycles. The van der Waals surface area contributed by atoms with Crippen molar-refractivity contribution in [1.82, 2.24) is 19.5 Å². The van der Waals surface area contributed by atoms with Crippen molar-refractivity contribution in [3.05, 3.63) is 24.0 Å². The highest BCUT2D eigenvalue weighted by molar-refractivity contribution is 5.69. The lowest BCUT2D eigenvalue weighted by Gasteiger charge is -2.28. The number of nitrogens with one attached hydrogen (secondary N) is 1. The fourth-order valence-electron chi connectivity index (χ4n) is 2.91. The van der Waals surface area contributed by atoms with Gasteiger partial charge in [0, 0.05) is 13.1 Å². The minimum Gasteiger partial charge on any atom is -0.444 e. The van der Waals surface area contributed by atoms with Gasteiger partial charge in [0.15, 0.2) is 5.65 Å². The van der Waals surface area contributed by atoms with Crippen molar-refractivity contribution in [1.29, 1.82) is 0 Å². The minimum absolute atomic E-state index is 0.126. The Morgan fingerprint density at radius 3 is 2.96 bits per heavy atom. The molecule has 0 unspecified atom stereocenters. The Labute approximate surface area is 142 Å². The van der Waals surface area contributed by atoms with Gasteiger partial charge in [0.05, 0.1) is 17.9 Å². The molecule has 1 N–H and O–H groups in total. The van der Waals surface area contributed by atoms with Crippen LogP contribution in [0.15, 0.2) is 18.3 Å². The second kappa shape index (κ2) is 6.30. The van der Waals surface area contributed by atoms with Gasteiger partial charge in [0.1, 0.15) is 11.4 Å². The van der Waals surface area contributed by atoms with E-state index in [0.717, 1.165) is 36.5 Å². The number of carbonyl (C=O) groups excluding carboxylic acids is 1. The van der Waals surface area contributed by atoms with Crippen LogP contribution in [0.5, 0.6) is 0 Å². The minimum atomic E-state index is -0.469. The summed E-state index contributed by atoms with van der Waals surface area (Å²) in [6.45, 7) is 9.04. The highest BCUT2D eigenvalue weighted by Gasteiger charge is 2.31. The number of rotatable bonds is 3. The summed E-state index contributed by atoms with van der Waals surface area (Å²) in [5, 5.41) is 7.87. The lowest BCUT2D eigenvalue weighted by molar-refractivity contribution is 0.0235. The maximum absolute atomic E-state index is 12.3. The average molecular weight is 331 g/mol. The summed E-state index contributed by atoms with van der Waals surface area (Å²) < 4.78 is 7.31. The Morgan fingerprint density at radius 2 is 2.21 bits per heavy atom. The van der Waals surface area contributed by atoms with Crippen molar-refractivity contribution < 1.29 is 9.53 Å². The molecule has 1 fully saturated rings. The molecule has 0 saturated carbocycles. The molecule has 7 nitrogen and oxygen atoms in total. The molecule has 0 spiro atoms. The lowest BCUT2D eigenvalue weighted by atomic mass is 10.2. The topological polar surface area (TPSA) is 71.8 Å². The number of hydrogen-bond donors (Lipinski definition) is 1. The summed E-state index contributed by atoms with van der Waals surface area (Å²) in [7, 11) is 0. The molecule has 24 heavy (non-hydrogen) atoms. The zero-order valence-electron chi connectivity index (χ0n) is 14.7. The molecular weight excluding hydrogens is 306 g/mol. The second-order valence-corrected chi connectivity index (χ2v) is 7.24. The molecule has 130 valence electrons. The Balaban J connectivity index is 1.64. The monoisotopic (exact) mass is 331 g/mol.